The molecule has 0 atom stereocenters. The van der Waals surface area contributed by atoms with Crippen molar-refractivity contribution in [2.45, 2.75) is 25.7 Å². The van der Waals surface area contributed by atoms with Crippen LogP contribution in [0.5, 0.6) is 0 Å². The van der Waals surface area contributed by atoms with Gasteiger partial charge in [-0.05, 0) is 44.0 Å². The number of aromatic nitrogens is 2. The fourth-order valence-corrected chi connectivity index (χ4v) is 5.29. The molecule has 0 spiro atoms. The molecule has 0 N–H and O–H groups in total. The number of nitrogens with zero attached hydrogens (tertiary/aromatic N) is 5. The molecule has 0 aliphatic carbocycles. The highest BCUT2D eigenvalue weighted by Gasteiger charge is 2.30. The molecule has 0 unspecified atom stereocenters. The third-order valence-corrected chi connectivity index (χ3v) is 7.70. The zero-order chi connectivity index (χ0) is 21.3. The molecular weight excluding hydrogens is 402 g/mol. The fraction of sp³-hybridized carbons (Fsp3) is 0.524. The Labute approximate surface area is 178 Å². The first-order valence-corrected chi connectivity index (χ1v) is 11.8. The summed E-state index contributed by atoms with van der Waals surface area (Å²) in [7, 11) is -3.50. The number of anilines is 2. The molecule has 2 aromatic rings. The summed E-state index contributed by atoms with van der Waals surface area (Å²) in [6.45, 7) is 10.9. The van der Waals surface area contributed by atoms with Crippen LogP contribution in [0.25, 0.3) is 0 Å². The Bertz CT molecular complexity index is 1010. The molecule has 1 aromatic carbocycles. The first-order valence-electron chi connectivity index (χ1n) is 10.4. The van der Waals surface area contributed by atoms with Crippen molar-refractivity contribution in [3.8, 4) is 0 Å². The van der Waals surface area contributed by atoms with E-state index in [4.69, 9.17) is 9.72 Å². The molecule has 9 heteroatoms. The number of morpholine rings is 1. The Hall–Kier alpha value is -2.23. The Morgan fingerprint density at radius 1 is 0.833 bits per heavy atom. The largest absolute Gasteiger partial charge is 0.378 e. The van der Waals surface area contributed by atoms with Gasteiger partial charge >= 0.3 is 0 Å². The van der Waals surface area contributed by atoms with Gasteiger partial charge in [0.05, 0.1) is 18.1 Å². The summed E-state index contributed by atoms with van der Waals surface area (Å²) in [5, 5.41) is 0. The highest BCUT2D eigenvalue weighted by molar-refractivity contribution is 7.89. The normalized spacial score (nSPS) is 18.6. The quantitative estimate of drug-likeness (QED) is 0.730. The minimum atomic E-state index is -3.50. The smallest absolute Gasteiger partial charge is 0.243 e. The second-order valence-corrected chi connectivity index (χ2v) is 9.84. The SMILES string of the molecule is Cc1cc(N2CCOCC2)nc(N2CCN(S(=O)(=O)c3ccc(C)c(C)c3)CC2)n1. The monoisotopic (exact) mass is 431 g/mol. The van der Waals surface area contributed by atoms with Crippen LogP contribution in [0.2, 0.25) is 0 Å². The summed E-state index contributed by atoms with van der Waals surface area (Å²) in [6, 6.07) is 7.32. The molecule has 2 aliphatic rings. The van der Waals surface area contributed by atoms with Gasteiger partial charge < -0.3 is 14.5 Å². The summed E-state index contributed by atoms with van der Waals surface area (Å²) >= 11 is 0. The maximum Gasteiger partial charge on any atom is 0.243 e. The summed E-state index contributed by atoms with van der Waals surface area (Å²) in [5.74, 6) is 1.57. The topological polar surface area (TPSA) is 78.9 Å². The molecule has 0 bridgehead atoms. The van der Waals surface area contributed by atoms with Gasteiger partial charge in [-0.1, -0.05) is 6.07 Å². The van der Waals surface area contributed by atoms with E-state index in [2.05, 4.69) is 14.8 Å². The first kappa shape index (κ1) is 21.0. The van der Waals surface area contributed by atoms with Crippen molar-refractivity contribution < 1.29 is 13.2 Å². The van der Waals surface area contributed by atoms with Crippen molar-refractivity contribution in [1.82, 2.24) is 14.3 Å². The number of aryl methyl sites for hydroxylation is 3. The van der Waals surface area contributed by atoms with Crippen LogP contribution in [0.4, 0.5) is 11.8 Å². The molecule has 2 aliphatic heterocycles. The van der Waals surface area contributed by atoms with E-state index in [0.29, 0.717) is 50.2 Å². The van der Waals surface area contributed by atoms with Crippen molar-refractivity contribution in [2.75, 3.05) is 62.3 Å². The highest BCUT2D eigenvalue weighted by atomic mass is 32.2. The van der Waals surface area contributed by atoms with Crippen LogP contribution >= 0.6 is 0 Å². The van der Waals surface area contributed by atoms with E-state index in [1.807, 2.05) is 32.9 Å². The number of hydrogen-bond donors (Lipinski definition) is 0. The predicted octanol–water partition coefficient (Wildman–Crippen LogP) is 1.75. The zero-order valence-electron chi connectivity index (χ0n) is 17.8. The van der Waals surface area contributed by atoms with Gasteiger partial charge in [-0.2, -0.15) is 9.29 Å². The summed E-state index contributed by atoms with van der Waals surface area (Å²) in [4.78, 5) is 14.0. The van der Waals surface area contributed by atoms with Crippen molar-refractivity contribution >= 4 is 21.8 Å². The number of hydrogen-bond acceptors (Lipinski definition) is 7. The third kappa shape index (κ3) is 4.28. The minimum absolute atomic E-state index is 0.362. The summed E-state index contributed by atoms with van der Waals surface area (Å²) in [5.41, 5.74) is 2.98. The lowest BCUT2D eigenvalue weighted by atomic mass is 10.1. The minimum Gasteiger partial charge on any atom is -0.378 e. The lowest BCUT2D eigenvalue weighted by Gasteiger charge is -2.35. The van der Waals surface area contributed by atoms with Gasteiger partial charge in [0.25, 0.3) is 0 Å². The van der Waals surface area contributed by atoms with Crippen LogP contribution in [0.15, 0.2) is 29.2 Å². The molecule has 0 saturated carbocycles. The van der Waals surface area contributed by atoms with Crippen molar-refractivity contribution in [1.29, 1.82) is 0 Å². The van der Waals surface area contributed by atoms with E-state index in [9.17, 15) is 8.42 Å². The maximum atomic E-state index is 13.1. The molecule has 2 saturated heterocycles. The van der Waals surface area contributed by atoms with Gasteiger partial charge in [0.15, 0.2) is 0 Å². The fourth-order valence-electron chi connectivity index (χ4n) is 3.78. The number of rotatable bonds is 4. The second-order valence-electron chi connectivity index (χ2n) is 7.90. The first-order chi connectivity index (χ1) is 14.3. The van der Waals surface area contributed by atoms with E-state index < -0.39 is 10.0 Å². The van der Waals surface area contributed by atoms with Crippen molar-refractivity contribution in [3.05, 3.63) is 41.1 Å². The lowest BCUT2D eigenvalue weighted by Crippen LogP contribution is -2.49. The van der Waals surface area contributed by atoms with Crippen molar-refractivity contribution in [2.24, 2.45) is 0 Å². The number of ether oxygens (including phenoxy) is 1. The van der Waals surface area contributed by atoms with E-state index >= 15 is 0 Å². The van der Waals surface area contributed by atoms with E-state index in [0.717, 1.165) is 35.7 Å². The van der Waals surface area contributed by atoms with Gasteiger partial charge in [0.2, 0.25) is 16.0 Å². The number of piperazine rings is 1. The van der Waals surface area contributed by atoms with Gasteiger partial charge in [0, 0.05) is 51.0 Å². The van der Waals surface area contributed by atoms with Gasteiger partial charge in [-0.3, -0.25) is 0 Å². The highest BCUT2D eigenvalue weighted by Crippen LogP contribution is 2.23. The summed E-state index contributed by atoms with van der Waals surface area (Å²) in [6.07, 6.45) is 0. The molecule has 4 rings (SSSR count). The predicted molar refractivity (Wildman–Crippen MR) is 117 cm³/mol. The molecular formula is C21H29N5O3S. The van der Waals surface area contributed by atoms with Crippen LogP contribution in [-0.2, 0) is 14.8 Å². The molecule has 30 heavy (non-hydrogen) atoms. The Kier molecular flexibility index (Phi) is 5.95. The number of sulfonamides is 1. The molecule has 162 valence electrons. The van der Waals surface area contributed by atoms with Gasteiger partial charge in [-0.25, -0.2) is 13.4 Å². The molecule has 0 amide bonds. The Morgan fingerprint density at radius 3 is 2.20 bits per heavy atom. The van der Waals surface area contributed by atoms with E-state index in [1.165, 1.54) is 0 Å². The van der Waals surface area contributed by atoms with Gasteiger partial charge in [0.1, 0.15) is 5.82 Å². The average Bonchev–Trinajstić information content (AvgIpc) is 2.76. The molecule has 2 fully saturated rings. The van der Waals surface area contributed by atoms with Crippen LogP contribution < -0.4 is 9.80 Å². The molecule has 3 heterocycles. The average molecular weight is 432 g/mol. The van der Waals surface area contributed by atoms with Crippen LogP contribution in [-0.4, -0.2) is 75.2 Å². The van der Waals surface area contributed by atoms with Gasteiger partial charge in [-0.15, -0.1) is 0 Å². The Morgan fingerprint density at radius 2 is 1.53 bits per heavy atom. The Balaban J connectivity index is 1.48. The van der Waals surface area contributed by atoms with Crippen LogP contribution in [0, 0.1) is 20.8 Å². The van der Waals surface area contributed by atoms with E-state index in [-0.39, 0.29) is 0 Å². The lowest BCUT2D eigenvalue weighted by molar-refractivity contribution is 0.122. The van der Waals surface area contributed by atoms with Crippen LogP contribution in [0.1, 0.15) is 16.8 Å². The number of benzene rings is 1. The van der Waals surface area contributed by atoms with E-state index in [1.54, 1.807) is 16.4 Å². The molecule has 8 nitrogen and oxygen atoms in total. The molecule has 1 aromatic heterocycles. The third-order valence-electron chi connectivity index (χ3n) is 5.80. The standard InChI is InChI=1S/C21H29N5O3S/c1-16-4-5-19(14-17(16)2)30(27,28)26-8-6-25(7-9-26)21-22-18(3)15-20(23-21)24-10-12-29-13-11-24/h4-5,14-15H,6-13H2,1-3H3. The molecule has 0 radical (unpaired) electrons. The maximum absolute atomic E-state index is 13.1. The summed E-state index contributed by atoms with van der Waals surface area (Å²) < 4.78 is 33.1. The second kappa shape index (κ2) is 8.49. The zero-order valence-corrected chi connectivity index (χ0v) is 18.7. The van der Waals surface area contributed by atoms with Crippen molar-refractivity contribution in [3.63, 3.8) is 0 Å². The van der Waals surface area contributed by atoms with Crippen LogP contribution in [0.3, 0.4) is 0 Å².